The lowest BCUT2D eigenvalue weighted by Gasteiger charge is -2.26. The Morgan fingerprint density at radius 3 is 2.57 bits per heavy atom. The Kier molecular flexibility index (Phi) is 7.60. The van der Waals surface area contributed by atoms with E-state index in [1.54, 1.807) is 0 Å². The van der Waals surface area contributed by atoms with E-state index >= 15 is 0 Å². The van der Waals surface area contributed by atoms with Crippen LogP contribution in [0, 0.1) is 11.7 Å². The topological polar surface area (TPSA) is 73.6 Å². The van der Waals surface area contributed by atoms with E-state index in [0.717, 1.165) is 12.1 Å². The van der Waals surface area contributed by atoms with Crippen LogP contribution in [0.4, 0.5) is 18.9 Å². The zero-order valence-electron chi connectivity index (χ0n) is 12.1. The van der Waals surface area contributed by atoms with Gasteiger partial charge in [-0.2, -0.15) is 8.78 Å². The largest absolute Gasteiger partial charge is 0.432 e. The van der Waals surface area contributed by atoms with E-state index in [9.17, 15) is 18.0 Å². The van der Waals surface area contributed by atoms with Crippen LogP contribution in [0.2, 0.25) is 0 Å². The minimum atomic E-state index is -3.11. The molecule has 1 atom stereocenters. The zero-order chi connectivity index (χ0) is 16.1. The summed E-state index contributed by atoms with van der Waals surface area (Å²) in [6, 6.07) is 2.47. The third-order valence-corrected chi connectivity index (χ3v) is 3.49. The number of halogens is 4. The van der Waals surface area contributed by atoms with Crippen molar-refractivity contribution in [2.24, 2.45) is 11.7 Å². The molecule has 3 N–H and O–H groups in total. The Bertz CT molecular complexity index is 528. The van der Waals surface area contributed by atoms with Crippen LogP contribution in [0.5, 0.6) is 5.75 Å². The van der Waals surface area contributed by atoms with Crippen molar-refractivity contribution < 1.29 is 27.4 Å². The molecule has 1 aliphatic heterocycles. The van der Waals surface area contributed by atoms with Crippen molar-refractivity contribution in [3.63, 3.8) is 0 Å². The van der Waals surface area contributed by atoms with Gasteiger partial charge in [0.25, 0.3) is 0 Å². The fourth-order valence-corrected chi connectivity index (χ4v) is 2.28. The first kappa shape index (κ1) is 19.5. The van der Waals surface area contributed by atoms with Crippen molar-refractivity contribution in [3.8, 4) is 5.75 Å². The van der Waals surface area contributed by atoms with Gasteiger partial charge in [-0.3, -0.25) is 4.79 Å². The lowest BCUT2D eigenvalue weighted by atomic mass is 9.92. The molecule has 9 heteroatoms. The van der Waals surface area contributed by atoms with Gasteiger partial charge in [-0.25, -0.2) is 4.39 Å². The van der Waals surface area contributed by atoms with Crippen LogP contribution in [-0.4, -0.2) is 31.8 Å². The van der Waals surface area contributed by atoms with Crippen LogP contribution in [0.15, 0.2) is 18.2 Å². The van der Waals surface area contributed by atoms with Gasteiger partial charge in [0.1, 0.15) is 0 Å². The Hall–Kier alpha value is -1.51. The molecule has 0 aromatic heterocycles. The fraction of sp³-hybridized carbons (Fsp3) is 0.500. The van der Waals surface area contributed by atoms with Gasteiger partial charge in [0.05, 0.1) is 6.04 Å². The number of hydrogen-bond acceptors (Lipinski definition) is 4. The molecule has 1 aromatic carbocycles. The molecule has 1 unspecified atom stereocenters. The predicted octanol–water partition coefficient (Wildman–Crippen LogP) is 2.54. The van der Waals surface area contributed by atoms with Crippen molar-refractivity contribution >= 4 is 24.0 Å². The molecule has 0 bridgehead atoms. The molecule has 23 heavy (non-hydrogen) atoms. The van der Waals surface area contributed by atoms with E-state index in [1.807, 2.05) is 0 Å². The van der Waals surface area contributed by atoms with Gasteiger partial charge in [-0.05, 0) is 30.9 Å². The van der Waals surface area contributed by atoms with Crippen LogP contribution in [0.25, 0.3) is 0 Å². The summed E-state index contributed by atoms with van der Waals surface area (Å²) >= 11 is 0. The number of anilines is 1. The Morgan fingerprint density at radius 2 is 2.00 bits per heavy atom. The maximum atomic E-state index is 13.6. The monoisotopic (exact) mass is 354 g/mol. The predicted molar refractivity (Wildman–Crippen MR) is 80.4 cm³/mol. The highest BCUT2D eigenvalue weighted by Crippen LogP contribution is 2.24. The smallest absolute Gasteiger partial charge is 0.387 e. The van der Waals surface area contributed by atoms with Crippen molar-refractivity contribution in [1.29, 1.82) is 0 Å². The van der Waals surface area contributed by atoms with Crippen molar-refractivity contribution in [1.82, 2.24) is 0 Å². The third kappa shape index (κ3) is 5.56. The summed E-state index contributed by atoms with van der Waals surface area (Å²) in [6.45, 7) is -2.00. The van der Waals surface area contributed by atoms with Gasteiger partial charge in [-0.15, -0.1) is 12.4 Å². The Morgan fingerprint density at radius 1 is 1.35 bits per heavy atom. The molecule has 2 rings (SSSR count). The van der Waals surface area contributed by atoms with Gasteiger partial charge in [0.15, 0.2) is 11.6 Å². The first-order chi connectivity index (χ1) is 10.5. The Balaban J connectivity index is 0.00000264. The van der Waals surface area contributed by atoms with Gasteiger partial charge in [0.2, 0.25) is 5.91 Å². The first-order valence-corrected chi connectivity index (χ1v) is 6.86. The van der Waals surface area contributed by atoms with Gasteiger partial charge in [0, 0.05) is 25.0 Å². The molecule has 0 spiro atoms. The van der Waals surface area contributed by atoms with Gasteiger partial charge >= 0.3 is 6.61 Å². The number of alkyl halides is 2. The molecule has 1 aliphatic rings. The number of nitrogens with two attached hydrogens (primary N) is 1. The third-order valence-electron chi connectivity index (χ3n) is 3.49. The molecule has 5 nitrogen and oxygen atoms in total. The summed E-state index contributed by atoms with van der Waals surface area (Å²) in [4.78, 5) is 12.0. The number of nitrogens with one attached hydrogen (secondary N) is 1. The second-order valence-corrected chi connectivity index (χ2v) is 4.99. The standard InChI is InChI=1S/C14H17F3N2O3.ClH/c15-10-7-9(1-2-11(10)22-14(16)17)19-13(20)12(18)8-3-5-21-6-4-8;/h1-2,7-8,12,14H,3-6,18H2,(H,19,20);1H. The van der Waals surface area contributed by atoms with Crippen LogP contribution in [0.1, 0.15) is 12.8 Å². The molecule has 130 valence electrons. The lowest BCUT2D eigenvalue weighted by molar-refractivity contribution is -0.119. The van der Waals surface area contributed by atoms with E-state index in [1.165, 1.54) is 6.07 Å². The van der Waals surface area contributed by atoms with Crippen molar-refractivity contribution in [3.05, 3.63) is 24.0 Å². The normalized spacial score (nSPS) is 16.6. The SMILES string of the molecule is Cl.NC(C(=O)Nc1ccc(OC(F)F)c(F)c1)C1CCOCC1. The number of ether oxygens (including phenoxy) is 2. The number of rotatable bonds is 5. The minimum absolute atomic E-state index is 0. The number of benzene rings is 1. The molecular weight excluding hydrogens is 337 g/mol. The fourth-order valence-electron chi connectivity index (χ4n) is 2.28. The zero-order valence-corrected chi connectivity index (χ0v) is 13.0. The second kappa shape index (κ2) is 8.95. The summed E-state index contributed by atoms with van der Waals surface area (Å²) in [5.41, 5.74) is 6.02. The van der Waals surface area contributed by atoms with Crippen molar-refractivity contribution in [2.45, 2.75) is 25.5 Å². The number of amides is 1. The highest BCUT2D eigenvalue weighted by Gasteiger charge is 2.26. The molecule has 1 amide bonds. The van der Waals surface area contributed by atoms with E-state index in [-0.39, 0.29) is 24.0 Å². The van der Waals surface area contributed by atoms with Crippen LogP contribution in [0.3, 0.4) is 0 Å². The minimum Gasteiger partial charge on any atom is -0.432 e. The molecule has 0 aliphatic carbocycles. The van der Waals surface area contributed by atoms with Crippen LogP contribution >= 0.6 is 12.4 Å². The lowest BCUT2D eigenvalue weighted by Crippen LogP contribution is -2.44. The highest BCUT2D eigenvalue weighted by atomic mass is 35.5. The van der Waals surface area contributed by atoms with E-state index in [4.69, 9.17) is 10.5 Å². The summed E-state index contributed by atoms with van der Waals surface area (Å²) in [6.07, 6.45) is 1.37. The molecule has 0 saturated carbocycles. The average molecular weight is 355 g/mol. The number of hydrogen-bond donors (Lipinski definition) is 2. The highest BCUT2D eigenvalue weighted by molar-refractivity contribution is 5.94. The number of carbonyl (C=O) groups is 1. The molecule has 1 saturated heterocycles. The number of carbonyl (C=O) groups excluding carboxylic acids is 1. The average Bonchev–Trinajstić information content (AvgIpc) is 2.49. The van der Waals surface area contributed by atoms with Crippen LogP contribution < -0.4 is 15.8 Å². The summed E-state index contributed by atoms with van der Waals surface area (Å²) < 4.78 is 46.8. The summed E-state index contributed by atoms with van der Waals surface area (Å²) in [7, 11) is 0. The maximum absolute atomic E-state index is 13.6. The van der Waals surface area contributed by atoms with E-state index in [0.29, 0.717) is 26.1 Å². The van der Waals surface area contributed by atoms with Gasteiger partial charge < -0.3 is 20.5 Å². The maximum Gasteiger partial charge on any atom is 0.387 e. The molecule has 1 aromatic rings. The van der Waals surface area contributed by atoms with Gasteiger partial charge in [-0.1, -0.05) is 0 Å². The van der Waals surface area contributed by atoms with Crippen molar-refractivity contribution in [2.75, 3.05) is 18.5 Å². The molecular formula is C14H18ClF3N2O3. The molecule has 0 radical (unpaired) electrons. The summed E-state index contributed by atoms with van der Waals surface area (Å²) in [5.74, 6) is -2.02. The molecule has 1 heterocycles. The summed E-state index contributed by atoms with van der Waals surface area (Å²) in [5, 5.41) is 2.47. The van der Waals surface area contributed by atoms with E-state index in [2.05, 4.69) is 10.1 Å². The molecule has 1 fully saturated rings. The van der Waals surface area contributed by atoms with E-state index < -0.39 is 30.1 Å². The quantitative estimate of drug-likeness (QED) is 0.852. The Labute approximate surface area is 137 Å². The first-order valence-electron chi connectivity index (χ1n) is 6.86. The second-order valence-electron chi connectivity index (χ2n) is 4.99. The van der Waals surface area contributed by atoms with Crippen LogP contribution in [-0.2, 0) is 9.53 Å².